The lowest BCUT2D eigenvalue weighted by Crippen LogP contribution is -2.39. The second-order valence-electron chi connectivity index (χ2n) is 4.79. The van der Waals surface area contributed by atoms with E-state index in [0.29, 0.717) is 18.7 Å². The molecule has 0 saturated carbocycles. The molecule has 1 amide bonds. The molecule has 1 fully saturated rings. The van der Waals surface area contributed by atoms with Crippen molar-refractivity contribution >= 4 is 11.9 Å². The second-order valence-corrected chi connectivity index (χ2v) is 4.79. The zero-order chi connectivity index (χ0) is 13.8. The van der Waals surface area contributed by atoms with Crippen molar-refractivity contribution in [2.24, 2.45) is 0 Å². The first-order chi connectivity index (χ1) is 9.09. The maximum Gasteiger partial charge on any atom is 0.325 e. The number of benzene rings is 1. The number of hydrogen-bond donors (Lipinski definition) is 1. The molecule has 0 aromatic heterocycles. The van der Waals surface area contributed by atoms with Crippen LogP contribution in [0.5, 0.6) is 0 Å². The molecule has 1 aromatic rings. The summed E-state index contributed by atoms with van der Waals surface area (Å²) in [5.74, 6) is -0.941. The van der Waals surface area contributed by atoms with E-state index < -0.39 is 12.0 Å². The molecule has 19 heavy (non-hydrogen) atoms. The Hall–Kier alpha value is -1.88. The molecule has 1 saturated heterocycles. The lowest BCUT2D eigenvalue weighted by molar-refractivity contribution is -0.144. The van der Waals surface area contributed by atoms with E-state index in [9.17, 15) is 14.7 Å². The zero-order valence-electron chi connectivity index (χ0n) is 11.0. The van der Waals surface area contributed by atoms with E-state index in [2.05, 4.69) is 0 Å². The summed E-state index contributed by atoms with van der Waals surface area (Å²) in [6.07, 6.45) is 0.791. The van der Waals surface area contributed by atoms with Crippen LogP contribution in [0.4, 0.5) is 0 Å². The average Bonchev–Trinajstić information content (AvgIpc) is 2.53. The van der Waals surface area contributed by atoms with E-state index in [1.165, 1.54) is 0 Å². The normalized spacial score (nSPS) is 19.0. The molecule has 1 aliphatic heterocycles. The Morgan fingerprint density at radius 2 is 1.95 bits per heavy atom. The third-order valence-corrected chi connectivity index (χ3v) is 3.42. The van der Waals surface area contributed by atoms with Crippen LogP contribution >= 0.6 is 0 Å². The number of hydrogen-bond acceptors (Lipinski definition) is 3. The minimum Gasteiger partial charge on any atom is -0.480 e. The van der Waals surface area contributed by atoms with Crippen molar-refractivity contribution in [2.45, 2.75) is 12.5 Å². The van der Waals surface area contributed by atoms with Gasteiger partial charge in [-0.15, -0.1) is 0 Å². The fraction of sp³-hybridized carbons (Fsp3) is 0.429. The molecule has 1 aliphatic rings. The van der Waals surface area contributed by atoms with Crippen LogP contribution < -0.4 is 0 Å². The van der Waals surface area contributed by atoms with E-state index >= 15 is 0 Å². The molecule has 102 valence electrons. The summed E-state index contributed by atoms with van der Waals surface area (Å²) < 4.78 is 0. The highest BCUT2D eigenvalue weighted by Gasteiger charge is 2.30. The van der Waals surface area contributed by atoms with Crippen molar-refractivity contribution in [3.63, 3.8) is 0 Å². The fourth-order valence-corrected chi connectivity index (χ4v) is 2.37. The monoisotopic (exact) mass is 262 g/mol. The molecule has 0 bridgehead atoms. The highest BCUT2D eigenvalue weighted by atomic mass is 16.4. The largest absolute Gasteiger partial charge is 0.480 e. The first-order valence-corrected chi connectivity index (χ1v) is 6.35. The summed E-state index contributed by atoms with van der Waals surface area (Å²) in [6.45, 7) is 1.45. The number of carboxylic acid groups (broad SMARTS) is 1. The van der Waals surface area contributed by atoms with Crippen LogP contribution in [0, 0.1) is 0 Å². The number of carboxylic acids is 1. The molecule has 0 radical (unpaired) electrons. The van der Waals surface area contributed by atoms with Crippen molar-refractivity contribution in [1.82, 2.24) is 9.80 Å². The Kier molecular flexibility index (Phi) is 4.16. The number of nitrogens with zero attached hydrogens (tertiary/aromatic N) is 2. The SMILES string of the molecule is CN1CCCN(C(C(=O)O)c2ccccc2)CC1=O. The Bertz CT molecular complexity index is 461. The first kappa shape index (κ1) is 13.5. The van der Waals surface area contributed by atoms with Gasteiger partial charge in [-0.05, 0) is 12.0 Å². The lowest BCUT2D eigenvalue weighted by atomic mass is 10.1. The highest BCUT2D eigenvalue weighted by molar-refractivity contribution is 5.80. The molecule has 0 aliphatic carbocycles. The Morgan fingerprint density at radius 3 is 2.58 bits per heavy atom. The molecule has 2 rings (SSSR count). The Balaban J connectivity index is 2.24. The third kappa shape index (κ3) is 3.12. The standard InChI is InChI=1S/C14H18N2O3/c1-15-8-5-9-16(10-12(15)17)13(14(18)19)11-6-3-2-4-7-11/h2-4,6-7,13H,5,8-10H2,1H3,(H,18,19). The summed E-state index contributed by atoms with van der Waals surface area (Å²) in [5, 5.41) is 9.46. The van der Waals surface area contributed by atoms with Gasteiger partial charge in [0.15, 0.2) is 0 Å². The van der Waals surface area contributed by atoms with Gasteiger partial charge < -0.3 is 10.0 Å². The van der Waals surface area contributed by atoms with E-state index in [-0.39, 0.29) is 12.5 Å². The molecule has 1 atom stereocenters. The van der Waals surface area contributed by atoms with Gasteiger partial charge in [-0.2, -0.15) is 0 Å². The molecule has 1 aromatic carbocycles. The van der Waals surface area contributed by atoms with E-state index in [1.807, 2.05) is 18.2 Å². The van der Waals surface area contributed by atoms with Gasteiger partial charge >= 0.3 is 5.97 Å². The van der Waals surface area contributed by atoms with Crippen LogP contribution in [0.3, 0.4) is 0 Å². The molecule has 1 unspecified atom stereocenters. The maximum atomic E-state index is 11.9. The third-order valence-electron chi connectivity index (χ3n) is 3.42. The summed E-state index contributed by atoms with van der Waals surface area (Å²) >= 11 is 0. The lowest BCUT2D eigenvalue weighted by Gasteiger charge is -2.26. The summed E-state index contributed by atoms with van der Waals surface area (Å²) in [5.41, 5.74) is 0.715. The number of aliphatic carboxylic acids is 1. The van der Waals surface area contributed by atoms with Crippen molar-refractivity contribution in [3.8, 4) is 0 Å². The van der Waals surface area contributed by atoms with Gasteiger partial charge in [0, 0.05) is 20.1 Å². The van der Waals surface area contributed by atoms with Crippen molar-refractivity contribution < 1.29 is 14.7 Å². The smallest absolute Gasteiger partial charge is 0.325 e. The topological polar surface area (TPSA) is 60.9 Å². The summed E-state index contributed by atoms with van der Waals surface area (Å²) in [6, 6.07) is 8.31. The molecular formula is C14H18N2O3. The minimum atomic E-state index is -0.913. The van der Waals surface area contributed by atoms with Crippen LogP contribution in [-0.2, 0) is 9.59 Å². The van der Waals surface area contributed by atoms with Gasteiger partial charge in [0.05, 0.1) is 6.54 Å². The van der Waals surface area contributed by atoms with Crippen molar-refractivity contribution in [1.29, 1.82) is 0 Å². The van der Waals surface area contributed by atoms with Crippen LogP contribution in [0.2, 0.25) is 0 Å². The van der Waals surface area contributed by atoms with E-state index in [1.54, 1.807) is 29.0 Å². The molecule has 1 heterocycles. The molecular weight excluding hydrogens is 244 g/mol. The second kappa shape index (κ2) is 5.84. The predicted molar refractivity (Wildman–Crippen MR) is 70.6 cm³/mol. The Labute approximate surface area is 112 Å². The number of amides is 1. The van der Waals surface area contributed by atoms with Gasteiger partial charge in [0.1, 0.15) is 6.04 Å². The Morgan fingerprint density at radius 1 is 1.26 bits per heavy atom. The van der Waals surface area contributed by atoms with Crippen LogP contribution in [0.1, 0.15) is 18.0 Å². The molecule has 0 spiro atoms. The van der Waals surface area contributed by atoms with Gasteiger partial charge in [-0.1, -0.05) is 30.3 Å². The highest BCUT2D eigenvalue weighted by Crippen LogP contribution is 2.22. The molecule has 1 N–H and O–H groups in total. The molecule has 5 heteroatoms. The van der Waals surface area contributed by atoms with Crippen molar-refractivity contribution in [2.75, 3.05) is 26.7 Å². The summed E-state index contributed by atoms with van der Waals surface area (Å²) in [4.78, 5) is 26.8. The number of carbonyl (C=O) groups is 2. The zero-order valence-corrected chi connectivity index (χ0v) is 11.0. The average molecular weight is 262 g/mol. The molecule has 5 nitrogen and oxygen atoms in total. The van der Waals surface area contributed by atoms with Crippen LogP contribution in [0.25, 0.3) is 0 Å². The van der Waals surface area contributed by atoms with Gasteiger partial charge in [-0.25, -0.2) is 0 Å². The van der Waals surface area contributed by atoms with Gasteiger partial charge in [0.25, 0.3) is 0 Å². The van der Waals surface area contributed by atoms with Crippen LogP contribution in [-0.4, -0.2) is 53.5 Å². The quantitative estimate of drug-likeness (QED) is 0.882. The van der Waals surface area contributed by atoms with Crippen molar-refractivity contribution in [3.05, 3.63) is 35.9 Å². The van der Waals surface area contributed by atoms with Gasteiger partial charge in [0.2, 0.25) is 5.91 Å². The minimum absolute atomic E-state index is 0.0281. The number of likely N-dealkylation sites (N-methyl/N-ethyl adjacent to an activating group) is 1. The van der Waals surface area contributed by atoms with Crippen LogP contribution in [0.15, 0.2) is 30.3 Å². The summed E-state index contributed by atoms with van der Waals surface area (Å²) in [7, 11) is 1.75. The van der Waals surface area contributed by atoms with Gasteiger partial charge in [-0.3, -0.25) is 14.5 Å². The maximum absolute atomic E-state index is 11.9. The fourth-order valence-electron chi connectivity index (χ4n) is 2.37. The number of rotatable bonds is 3. The predicted octanol–water partition coefficient (Wildman–Crippen LogP) is 0.976. The van der Waals surface area contributed by atoms with E-state index in [4.69, 9.17) is 0 Å². The first-order valence-electron chi connectivity index (χ1n) is 6.35. The van der Waals surface area contributed by atoms with E-state index in [0.717, 1.165) is 6.42 Å². The number of carbonyl (C=O) groups excluding carboxylic acids is 1.